The Hall–Kier alpha value is -0.640. The van der Waals surface area contributed by atoms with E-state index in [0.717, 1.165) is 19.3 Å². The molecule has 2 unspecified atom stereocenters. The van der Waals surface area contributed by atoms with Gasteiger partial charge >= 0.3 is 0 Å². The zero-order chi connectivity index (χ0) is 12.4. The van der Waals surface area contributed by atoms with Crippen LogP contribution in [0.25, 0.3) is 0 Å². The Morgan fingerprint density at radius 3 is 2.59 bits per heavy atom. The maximum atomic E-state index is 13.7. The van der Waals surface area contributed by atoms with E-state index in [9.17, 15) is 8.78 Å². The van der Waals surface area contributed by atoms with Crippen molar-refractivity contribution in [2.45, 2.75) is 38.6 Å². The minimum atomic E-state index is -0.433. The Bertz CT molecular complexity index is 409. The molecule has 0 radical (unpaired) electrons. The highest BCUT2D eigenvalue weighted by Crippen LogP contribution is 2.29. The first-order valence-corrected chi connectivity index (χ1v) is 6.78. The van der Waals surface area contributed by atoms with Gasteiger partial charge in [0.2, 0.25) is 0 Å². The van der Waals surface area contributed by atoms with Crippen LogP contribution >= 0.6 is 15.9 Å². The van der Waals surface area contributed by atoms with Crippen molar-refractivity contribution < 1.29 is 8.78 Å². The molecule has 0 spiro atoms. The average Bonchev–Trinajstić information content (AvgIpc) is 2.29. The normalized spacial score (nSPS) is 24.7. The van der Waals surface area contributed by atoms with Crippen molar-refractivity contribution in [1.82, 2.24) is 0 Å². The van der Waals surface area contributed by atoms with Crippen molar-refractivity contribution >= 4 is 21.6 Å². The molecular weight excluding hydrogens is 288 g/mol. The van der Waals surface area contributed by atoms with Crippen molar-refractivity contribution in [3.05, 3.63) is 28.2 Å². The molecule has 94 valence electrons. The van der Waals surface area contributed by atoms with Crippen molar-refractivity contribution in [1.29, 1.82) is 0 Å². The van der Waals surface area contributed by atoms with Gasteiger partial charge in [-0.1, -0.05) is 19.8 Å². The van der Waals surface area contributed by atoms with Gasteiger partial charge in [0.05, 0.1) is 10.2 Å². The minimum Gasteiger partial charge on any atom is -0.380 e. The van der Waals surface area contributed by atoms with Gasteiger partial charge < -0.3 is 5.32 Å². The second-order valence-electron chi connectivity index (χ2n) is 4.76. The summed E-state index contributed by atoms with van der Waals surface area (Å²) in [6.45, 7) is 2.16. The topological polar surface area (TPSA) is 12.0 Å². The molecule has 1 saturated carbocycles. The molecule has 1 aromatic carbocycles. The molecule has 2 rings (SSSR count). The summed E-state index contributed by atoms with van der Waals surface area (Å²) in [5.74, 6) is -0.330. The molecule has 2 atom stereocenters. The van der Waals surface area contributed by atoms with E-state index in [1.165, 1.54) is 18.6 Å². The quantitative estimate of drug-likeness (QED) is 0.780. The van der Waals surface area contributed by atoms with Gasteiger partial charge in [-0.25, -0.2) is 8.78 Å². The second kappa shape index (κ2) is 5.34. The molecular formula is C13H16BrF2N. The van der Waals surface area contributed by atoms with E-state index in [0.29, 0.717) is 5.92 Å². The zero-order valence-electron chi connectivity index (χ0n) is 9.77. The third-order valence-electron chi connectivity index (χ3n) is 3.46. The number of benzene rings is 1. The summed E-state index contributed by atoms with van der Waals surface area (Å²) in [6, 6.07) is 2.64. The van der Waals surface area contributed by atoms with E-state index in [2.05, 4.69) is 28.2 Å². The summed E-state index contributed by atoms with van der Waals surface area (Å²) in [7, 11) is 0. The van der Waals surface area contributed by atoms with E-state index in [4.69, 9.17) is 0 Å². The lowest BCUT2D eigenvalue weighted by Gasteiger charge is -2.30. The number of anilines is 1. The van der Waals surface area contributed by atoms with Crippen LogP contribution in [0.4, 0.5) is 14.5 Å². The van der Waals surface area contributed by atoms with Gasteiger partial charge in [-0.2, -0.15) is 0 Å². The largest absolute Gasteiger partial charge is 0.380 e. The van der Waals surface area contributed by atoms with Crippen LogP contribution in [-0.2, 0) is 0 Å². The molecule has 1 N–H and O–H groups in total. The number of hydrogen-bond acceptors (Lipinski definition) is 1. The lowest BCUT2D eigenvalue weighted by atomic mass is 9.86. The van der Waals surface area contributed by atoms with Crippen molar-refractivity contribution in [2.75, 3.05) is 5.32 Å². The van der Waals surface area contributed by atoms with E-state index < -0.39 is 11.6 Å². The van der Waals surface area contributed by atoms with E-state index in [1.54, 1.807) is 0 Å². The standard InChI is InChI=1S/C13H16BrF2N/c1-8-4-2-3-5-12(8)17-13-7-10(15)9(14)6-11(13)16/h6-8,12,17H,2-5H2,1H3. The fraction of sp³-hybridized carbons (Fsp3) is 0.538. The zero-order valence-corrected chi connectivity index (χ0v) is 11.4. The Morgan fingerprint density at radius 1 is 1.18 bits per heavy atom. The summed E-state index contributed by atoms with van der Waals surface area (Å²) in [5, 5.41) is 3.13. The molecule has 0 aliphatic heterocycles. The van der Waals surface area contributed by atoms with Gasteiger partial charge in [-0.05, 0) is 40.8 Å². The highest BCUT2D eigenvalue weighted by Gasteiger charge is 2.22. The van der Waals surface area contributed by atoms with Crippen LogP contribution in [0.2, 0.25) is 0 Å². The molecule has 1 aliphatic carbocycles. The molecule has 4 heteroatoms. The van der Waals surface area contributed by atoms with Crippen LogP contribution < -0.4 is 5.32 Å². The molecule has 1 nitrogen and oxygen atoms in total. The number of halogens is 3. The van der Waals surface area contributed by atoms with Crippen LogP contribution in [-0.4, -0.2) is 6.04 Å². The van der Waals surface area contributed by atoms with E-state index >= 15 is 0 Å². The lowest BCUT2D eigenvalue weighted by molar-refractivity contribution is 0.348. The predicted octanol–water partition coefficient (Wildman–Crippen LogP) is 4.72. The molecule has 17 heavy (non-hydrogen) atoms. The molecule has 0 heterocycles. The third kappa shape index (κ3) is 2.97. The lowest BCUT2D eigenvalue weighted by Crippen LogP contribution is -2.30. The van der Waals surface area contributed by atoms with Gasteiger partial charge in [-0.15, -0.1) is 0 Å². The Labute approximate surface area is 109 Å². The van der Waals surface area contributed by atoms with Crippen LogP contribution in [0.1, 0.15) is 32.6 Å². The highest BCUT2D eigenvalue weighted by atomic mass is 79.9. The first kappa shape index (κ1) is 12.8. The summed E-state index contributed by atoms with van der Waals surface area (Å²) in [6.07, 6.45) is 4.57. The highest BCUT2D eigenvalue weighted by molar-refractivity contribution is 9.10. The Morgan fingerprint density at radius 2 is 1.88 bits per heavy atom. The van der Waals surface area contributed by atoms with E-state index in [1.807, 2.05) is 0 Å². The Kier molecular flexibility index (Phi) is 4.02. The maximum absolute atomic E-state index is 13.7. The monoisotopic (exact) mass is 303 g/mol. The molecule has 0 saturated heterocycles. The minimum absolute atomic E-state index is 0.164. The molecule has 1 fully saturated rings. The summed E-state index contributed by atoms with van der Waals surface area (Å²) >= 11 is 2.97. The molecule has 0 aromatic heterocycles. The Balaban J connectivity index is 2.15. The van der Waals surface area contributed by atoms with Gasteiger partial charge in [0.25, 0.3) is 0 Å². The fourth-order valence-corrected chi connectivity index (χ4v) is 2.68. The van der Waals surface area contributed by atoms with Crippen molar-refractivity contribution in [2.24, 2.45) is 5.92 Å². The first-order valence-electron chi connectivity index (χ1n) is 5.99. The first-order chi connectivity index (χ1) is 8.08. The number of nitrogens with one attached hydrogen (secondary N) is 1. The van der Waals surface area contributed by atoms with Gasteiger partial charge in [0, 0.05) is 12.1 Å². The summed E-state index contributed by atoms with van der Waals surface area (Å²) < 4.78 is 27.2. The molecule has 0 bridgehead atoms. The average molecular weight is 304 g/mol. The van der Waals surface area contributed by atoms with Crippen molar-refractivity contribution in [3.63, 3.8) is 0 Å². The summed E-state index contributed by atoms with van der Waals surface area (Å²) in [5.41, 5.74) is 0.268. The molecule has 1 aliphatic rings. The summed E-state index contributed by atoms with van der Waals surface area (Å²) in [4.78, 5) is 0. The second-order valence-corrected chi connectivity index (χ2v) is 5.61. The van der Waals surface area contributed by atoms with Crippen molar-refractivity contribution in [3.8, 4) is 0 Å². The molecule has 0 amide bonds. The van der Waals surface area contributed by atoms with Gasteiger partial charge in [-0.3, -0.25) is 0 Å². The smallest absolute Gasteiger partial charge is 0.147 e. The van der Waals surface area contributed by atoms with Gasteiger partial charge in [0.15, 0.2) is 0 Å². The van der Waals surface area contributed by atoms with Crippen LogP contribution in [0.3, 0.4) is 0 Å². The van der Waals surface area contributed by atoms with Crippen LogP contribution in [0.15, 0.2) is 16.6 Å². The number of rotatable bonds is 2. The van der Waals surface area contributed by atoms with E-state index in [-0.39, 0.29) is 16.2 Å². The fourth-order valence-electron chi connectivity index (χ4n) is 2.36. The third-order valence-corrected chi connectivity index (χ3v) is 4.07. The predicted molar refractivity (Wildman–Crippen MR) is 69.1 cm³/mol. The van der Waals surface area contributed by atoms with Crippen LogP contribution in [0.5, 0.6) is 0 Å². The van der Waals surface area contributed by atoms with Gasteiger partial charge in [0.1, 0.15) is 11.6 Å². The number of hydrogen-bond donors (Lipinski definition) is 1. The van der Waals surface area contributed by atoms with Crippen LogP contribution in [0, 0.1) is 17.6 Å². The molecule has 1 aromatic rings. The SMILES string of the molecule is CC1CCCCC1Nc1cc(F)c(Br)cc1F. The maximum Gasteiger partial charge on any atom is 0.147 e.